The number of carbonyl (C=O) groups is 1. The van der Waals surface area contributed by atoms with Crippen molar-refractivity contribution in [2.24, 2.45) is 0 Å². The predicted octanol–water partition coefficient (Wildman–Crippen LogP) is 2.96. The number of nitrogens with one attached hydrogen (secondary N) is 1. The molecule has 0 atom stereocenters. The number of nitrogens with zero attached hydrogens (tertiary/aromatic N) is 1. The summed E-state index contributed by atoms with van der Waals surface area (Å²) in [5.74, 6) is -0.420. The highest BCUT2D eigenvalue weighted by Crippen LogP contribution is 2.10. The summed E-state index contributed by atoms with van der Waals surface area (Å²) >= 11 is 1.64. The third-order valence-electron chi connectivity index (χ3n) is 2.57. The number of hydrogen-bond donors (Lipinski definition) is 1. The second-order valence-corrected chi connectivity index (χ2v) is 5.14. The molecule has 1 aromatic heterocycles. The third-order valence-corrected chi connectivity index (χ3v) is 3.31. The van der Waals surface area contributed by atoms with E-state index in [-0.39, 0.29) is 11.7 Å². The van der Waals surface area contributed by atoms with Crippen LogP contribution in [0.2, 0.25) is 0 Å². The van der Waals surface area contributed by atoms with E-state index in [0.717, 1.165) is 6.54 Å². The van der Waals surface area contributed by atoms with Gasteiger partial charge in [0.2, 0.25) is 5.91 Å². The molecule has 1 amide bonds. The van der Waals surface area contributed by atoms with Crippen LogP contribution in [0.1, 0.15) is 5.56 Å². The maximum Gasteiger partial charge on any atom is 0.238 e. The summed E-state index contributed by atoms with van der Waals surface area (Å²) in [7, 11) is 1.89. The van der Waals surface area contributed by atoms with Crippen molar-refractivity contribution in [2.45, 2.75) is 6.54 Å². The minimum atomic E-state index is -0.312. The molecular weight excluding hydrogens is 263 g/mol. The fourth-order valence-corrected chi connectivity index (χ4v) is 2.39. The second kappa shape index (κ2) is 6.45. The van der Waals surface area contributed by atoms with Gasteiger partial charge in [-0.15, -0.1) is 0 Å². The molecule has 3 nitrogen and oxygen atoms in total. The third kappa shape index (κ3) is 4.46. The molecule has 19 heavy (non-hydrogen) atoms. The predicted molar refractivity (Wildman–Crippen MR) is 75.7 cm³/mol. The Morgan fingerprint density at radius 3 is 2.68 bits per heavy atom. The fraction of sp³-hybridized carbons (Fsp3) is 0.214. The minimum absolute atomic E-state index is 0.107. The standard InChI is InChI=1S/C14H15FN2OS/c1-17(8-11-6-7-19-10-11)9-14(18)16-13-4-2-12(15)3-5-13/h2-7,10H,8-9H2,1H3,(H,16,18). The molecule has 0 aliphatic heterocycles. The average molecular weight is 278 g/mol. The molecule has 0 bridgehead atoms. The van der Waals surface area contributed by atoms with Crippen LogP contribution in [0.4, 0.5) is 10.1 Å². The largest absolute Gasteiger partial charge is 0.325 e. The lowest BCUT2D eigenvalue weighted by Gasteiger charge is -2.15. The van der Waals surface area contributed by atoms with Crippen LogP contribution in [0.5, 0.6) is 0 Å². The zero-order valence-electron chi connectivity index (χ0n) is 10.6. The molecule has 0 radical (unpaired) electrons. The van der Waals surface area contributed by atoms with Gasteiger partial charge in [-0.3, -0.25) is 9.69 Å². The van der Waals surface area contributed by atoms with Crippen molar-refractivity contribution >= 4 is 22.9 Å². The first kappa shape index (κ1) is 13.7. The van der Waals surface area contributed by atoms with Crippen LogP contribution in [0.15, 0.2) is 41.1 Å². The van der Waals surface area contributed by atoms with Gasteiger partial charge in [-0.25, -0.2) is 4.39 Å². The number of halogens is 1. The Balaban J connectivity index is 1.82. The number of rotatable bonds is 5. The van der Waals surface area contributed by atoms with Crippen molar-refractivity contribution in [2.75, 3.05) is 18.9 Å². The second-order valence-electron chi connectivity index (χ2n) is 4.36. The number of anilines is 1. The normalized spacial score (nSPS) is 10.7. The molecular formula is C14H15FN2OS. The molecule has 0 aliphatic rings. The molecule has 0 saturated carbocycles. The van der Waals surface area contributed by atoms with Crippen LogP contribution in [0.3, 0.4) is 0 Å². The molecule has 1 heterocycles. The van der Waals surface area contributed by atoms with Gasteiger partial charge in [0.25, 0.3) is 0 Å². The first-order valence-electron chi connectivity index (χ1n) is 5.88. The SMILES string of the molecule is CN(CC(=O)Nc1ccc(F)cc1)Cc1ccsc1. The quantitative estimate of drug-likeness (QED) is 0.912. The van der Waals surface area contributed by atoms with E-state index in [1.54, 1.807) is 23.5 Å². The smallest absolute Gasteiger partial charge is 0.238 e. The number of carbonyl (C=O) groups excluding carboxylic acids is 1. The summed E-state index contributed by atoms with van der Waals surface area (Å²) in [5, 5.41) is 6.81. The monoisotopic (exact) mass is 278 g/mol. The fourth-order valence-electron chi connectivity index (χ4n) is 1.73. The lowest BCUT2D eigenvalue weighted by molar-refractivity contribution is -0.117. The van der Waals surface area contributed by atoms with E-state index in [2.05, 4.69) is 10.7 Å². The maximum absolute atomic E-state index is 12.7. The van der Waals surface area contributed by atoms with Gasteiger partial charge in [0.15, 0.2) is 0 Å². The summed E-state index contributed by atoms with van der Waals surface area (Å²) in [6.45, 7) is 1.04. The van der Waals surface area contributed by atoms with E-state index < -0.39 is 0 Å². The number of benzene rings is 1. The molecule has 2 rings (SSSR count). The van der Waals surface area contributed by atoms with E-state index in [4.69, 9.17) is 0 Å². The number of amides is 1. The summed E-state index contributed by atoms with van der Waals surface area (Å²) < 4.78 is 12.7. The number of likely N-dealkylation sites (N-methyl/N-ethyl adjacent to an activating group) is 1. The highest BCUT2D eigenvalue weighted by Gasteiger charge is 2.07. The number of thiophene rings is 1. The van der Waals surface area contributed by atoms with E-state index in [1.807, 2.05) is 23.4 Å². The molecule has 0 saturated heterocycles. The van der Waals surface area contributed by atoms with E-state index in [9.17, 15) is 9.18 Å². The van der Waals surface area contributed by atoms with Crippen molar-refractivity contribution in [1.29, 1.82) is 0 Å². The van der Waals surface area contributed by atoms with Gasteiger partial charge in [-0.05, 0) is 53.7 Å². The Hall–Kier alpha value is -1.72. The van der Waals surface area contributed by atoms with Crippen LogP contribution in [-0.2, 0) is 11.3 Å². The Labute approximate surface area is 115 Å². The maximum atomic E-state index is 12.7. The van der Waals surface area contributed by atoms with Crippen LogP contribution >= 0.6 is 11.3 Å². The highest BCUT2D eigenvalue weighted by atomic mass is 32.1. The first-order valence-corrected chi connectivity index (χ1v) is 6.83. The molecule has 0 fully saturated rings. The van der Waals surface area contributed by atoms with Gasteiger partial charge < -0.3 is 5.32 Å². The summed E-state index contributed by atoms with van der Waals surface area (Å²) in [4.78, 5) is 13.7. The lowest BCUT2D eigenvalue weighted by Crippen LogP contribution is -2.29. The molecule has 0 spiro atoms. The molecule has 0 aliphatic carbocycles. The summed E-state index contributed by atoms with van der Waals surface area (Å²) in [6.07, 6.45) is 0. The molecule has 1 aromatic carbocycles. The van der Waals surface area contributed by atoms with Crippen molar-refractivity contribution in [3.05, 3.63) is 52.5 Å². The topological polar surface area (TPSA) is 32.3 Å². The lowest BCUT2D eigenvalue weighted by atomic mass is 10.3. The van der Waals surface area contributed by atoms with Crippen LogP contribution in [0, 0.1) is 5.82 Å². The molecule has 5 heteroatoms. The van der Waals surface area contributed by atoms with Crippen molar-refractivity contribution in [3.8, 4) is 0 Å². The molecule has 100 valence electrons. The van der Waals surface area contributed by atoms with Gasteiger partial charge >= 0.3 is 0 Å². The van der Waals surface area contributed by atoms with Gasteiger partial charge in [-0.2, -0.15) is 11.3 Å². The van der Waals surface area contributed by atoms with Crippen LogP contribution in [0.25, 0.3) is 0 Å². The van der Waals surface area contributed by atoms with E-state index in [1.165, 1.54) is 17.7 Å². The minimum Gasteiger partial charge on any atom is -0.325 e. The molecule has 2 aromatic rings. The molecule has 1 N–H and O–H groups in total. The molecule has 0 unspecified atom stereocenters. The summed E-state index contributed by atoms with van der Waals surface area (Å²) in [6, 6.07) is 7.78. The van der Waals surface area contributed by atoms with Crippen molar-refractivity contribution in [1.82, 2.24) is 4.90 Å². The Morgan fingerprint density at radius 1 is 1.32 bits per heavy atom. The average Bonchev–Trinajstić information content (AvgIpc) is 2.84. The van der Waals surface area contributed by atoms with Gasteiger partial charge in [0.05, 0.1) is 6.54 Å². The Morgan fingerprint density at radius 2 is 2.05 bits per heavy atom. The summed E-state index contributed by atoms with van der Waals surface area (Å²) in [5.41, 5.74) is 1.80. The van der Waals surface area contributed by atoms with E-state index in [0.29, 0.717) is 12.2 Å². The van der Waals surface area contributed by atoms with Crippen LogP contribution < -0.4 is 5.32 Å². The number of hydrogen-bond acceptors (Lipinski definition) is 3. The van der Waals surface area contributed by atoms with Gasteiger partial charge in [0.1, 0.15) is 5.82 Å². The Bertz CT molecular complexity index is 525. The van der Waals surface area contributed by atoms with Crippen LogP contribution in [-0.4, -0.2) is 24.4 Å². The highest BCUT2D eigenvalue weighted by molar-refractivity contribution is 7.07. The van der Waals surface area contributed by atoms with Crippen molar-refractivity contribution < 1.29 is 9.18 Å². The van der Waals surface area contributed by atoms with E-state index >= 15 is 0 Å². The van der Waals surface area contributed by atoms with Gasteiger partial charge in [0, 0.05) is 12.2 Å². The van der Waals surface area contributed by atoms with Crippen molar-refractivity contribution in [3.63, 3.8) is 0 Å². The Kier molecular flexibility index (Phi) is 4.65. The zero-order chi connectivity index (χ0) is 13.7. The zero-order valence-corrected chi connectivity index (χ0v) is 11.4. The first-order chi connectivity index (χ1) is 9.13. The van der Waals surface area contributed by atoms with Gasteiger partial charge in [-0.1, -0.05) is 0 Å².